The van der Waals surface area contributed by atoms with Crippen LogP contribution in [0.2, 0.25) is 0 Å². The molecule has 0 radical (unpaired) electrons. The fraction of sp³-hybridized carbons (Fsp3) is 0.280. The van der Waals surface area contributed by atoms with Crippen molar-refractivity contribution in [3.8, 4) is 0 Å². The summed E-state index contributed by atoms with van der Waals surface area (Å²) in [6.07, 6.45) is 1.90. The van der Waals surface area contributed by atoms with Crippen LogP contribution in [-0.4, -0.2) is 29.1 Å². The number of carboxylic acids is 1. The molecular formula is C25H28N2O3. The van der Waals surface area contributed by atoms with Gasteiger partial charge in [0.15, 0.2) is 0 Å². The van der Waals surface area contributed by atoms with Crippen molar-refractivity contribution in [1.82, 2.24) is 10.6 Å². The molecule has 3 rings (SSSR count). The molecule has 1 amide bonds. The summed E-state index contributed by atoms with van der Waals surface area (Å²) >= 11 is 0. The summed E-state index contributed by atoms with van der Waals surface area (Å²) in [5.41, 5.74) is 0.378. The Balaban J connectivity index is 1.51. The molecule has 0 bridgehead atoms. The molecule has 0 aliphatic heterocycles. The van der Waals surface area contributed by atoms with Crippen molar-refractivity contribution >= 4 is 22.6 Å². The number of nitrogens with one attached hydrogen (secondary N) is 2. The summed E-state index contributed by atoms with van der Waals surface area (Å²) in [6, 6.07) is 23.3. The third kappa shape index (κ3) is 5.67. The van der Waals surface area contributed by atoms with Crippen LogP contribution < -0.4 is 10.6 Å². The van der Waals surface area contributed by atoms with Gasteiger partial charge in [0.1, 0.15) is 5.54 Å². The Kier molecular flexibility index (Phi) is 7.20. The molecule has 0 saturated heterocycles. The Morgan fingerprint density at radius 3 is 2.33 bits per heavy atom. The van der Waals surface area contributed by atoms with Crippen molar-refractivity contribution in [3.05, 3.63) is 83.9 Å². The van der Waals surface area contributed by atoms with Crippen molar-refractivity contribution in [2.24, 2.45) is 0 Å². The van der Waals surface area contributed by atoms with E-state index in [0.29, 0.717) is 18.4 Å². The summed E-state index contributed by atoms with van der Waals surface area (Å²) in [4.78, 5) is 24.6. The normalized spacial score (nSPS) is 13.0. The summed E-state index contributed by atoms with van der Waals surface area (Å²) in [7, 11) is 0. The first kappa shape index (κ1) is 21.5. The first-order valence-corrected chi connectivity index (χ1v) is 10.3. The highest BCUT2D eigenvalue weighted by Gasteiger charge is 2.34. The van der Waals surface area contributed by atoms with Crippen LogP contribution in [0.15, 0.2) is 72.8 Å². The van der Waals surface area contributed by atoms with Gasteiger partial charge in [0, 0.05) is 12.1 Å². The van der Waals surface area contributed by atoms with E-state index in [4.69, 9.17) is 0 Å². The van der Waals surface area contributed by atoms with Crippen molar-refractivity contribution in [2.75, 3.05) is 6.54 Å². The third-order valence-corrected chi connectivity index (χ3v) is 5.33. The molecule has 3 aromatic carbocycles. The number of amides is 1. The van der Waals surface area contributed by atoms with E-state index < -0.39 is 11.5 Å². The Morgan fingerprint density at radius 1 is 0.900 bits per heavy atom. The fourth-order valence-corrected chi connectivity index (χ4v) is 3.43. The second kappa shape index (κ2) is 10.0. The van der Waals surface area contributed by atoms with Crippen molar-refractivity contribution in [2.45, 2.75) is 38.3 Å². The van der Waals surface area contributed by atoms with Gasteiger partial charge < -0.3 is 15.7 Å². The highest BCUT2D eigenvalue weighted by atomic mass is 16.4. The third-order valence-electron chi connectivity index (χ3n) is 5.33. The molecule has 30 heavy (non-hydrogen) atoms. The number of carbonyl (C=O) groups is 2. The van der Waals surface area contributed by atoms with Crippen molar-refractivity contribution < 1.29 is 14.7 Å². The number of aliphatic carboxylic acids is 1. The van der Waals surface area contributed by atoms with Crippen LogP contribution in [0.25, 0.3) is 10.8 Å². The van der Waals surface area contributed by atoms with Gasteiger partial charge in [0.25, 0.3) is 5.91 Å². The van der Waals surface area contributed by atoms with Crippen molar-refractivity contribution in [1.29, 1.82) is 0 Å². The first-order chi connectivity index (χ1) is 14.5. The summed E-state index contributed by atoms with van der Waals surface area (Å²) in [6.45, 7) is 3.16. The molecule has 0 fully saturated rings. The number of carbonyl (C=O) groups excluding carboxylic acids is 1. The minimum atomic E-state index is -1.30. The smallest absolute Gasteiger partial charge is 0.329 e. The van der Waals surface area contributed by atoms with E-state index in [1.165, 1.54) is 5.56 Å². The fourth-order valence-electron chi connectivity index (χ4n) is 3.43. The molecule has 0 heterocycles. The lowest BCUT2D eigenvalue weighted by atomic mass is 9.94. The lowest BCUT2D eigenvalue weighted by molar-refractivity contribution is -0.144. The lowest BCUT2D eigenvalue weighted by Gasteiger charge is -2.26. The van der Waals surface area contributed by atoms with E-state index >= 15 is 0 Å². The molecular weight excluding hydrogens is 376 g/mol. The number of fused-ring (bicyclic) bond motifs is 1. The lowest BCUT2D eigenvalue weighted by Crippen LogP contribution is -2.52. The van der Waals surface area contributed by atoms with E-state index in [1.54, 1.807) is 19.1 Å². The van der Waals surface area contributed by atoms with Gasteiger partial charge in [-0.15, -0.1) is 0 Å². The van der Waals surface area contributed by atoms with E-state index in [1.807, 2.05) is 48.5 Å². The van der Waals surface area contributed by atoms with Crippen LogP contribution in [-0.2, 0) is 11.3 Å². The highest BCUT2D eigenvalue weighted by molar-refractivity contribution is 6.00. The molecule has 3 aromatic rings. The van der Waals surface area contributed by atoms with Gasteiger partial charge >= 0.3 is 5.97 Å². The Hall–Kier alpha value is -3.18. The largest absolute Gasteiger partial charge is 0.480 e. The zero-order valence-corrected chi connectivity index (χ0v) is 17.2. The molecule has 3 N–H and O–H groups in total. The zero-order valence-electron chi connectivity index (χ0n) is 17.2. The predicted molar refractivity (Wildman–Crippen MR) is 119 cm³/mol. The number of carboxylic acid groups (broad SMARTS) is 1. The van der Waals surface area contributed by atoms with Gasteiger partial charge in [-0.3, -0.25) is 4.79 Å². The molecule has 0 saturated carbocycles. The Bertz CT molecular complexity index is 1000. The van der Waals surface area contributed by atoms with Crippen LogP contribution in [0.4, 0.5) is 0 Å². The average Bonchev–Trinajstić information content (AvgIpc) is 2.76. The van der Waals surface area contributed by atoms with Crippen molar-refractivity contribution in [3.63, 3.8) is 0 Å². The van der Waals surface area contributed by atoms with Gasteiger partial charge in [-0.1, -0.05) is 60.7 Å². The van der Waals surface area contributed by atoms with E-state index in [0.717, 1.165) is 30.3 Å². The van der Waals surface area contributed by atoms with Gasteiger partial charge in [0.2, 0.25) is 0 Å². The van der Waals surface area contributed by atoms with E-state index in [9.17, 15) is 14.7 Å². The van der Waals surface area contributed by atoms with Crippen LogP contribution in [0.5, 0.6) is 0 Å². The number of benzene rings is 3. The quantitative estimate of drug-likeness (QED) is 0.439. The number of hydrogen-bond donors (Lipinski definition) is 3. The molecule has 5 heteroatoms. The molecule has 1 atom stereocenters. The molecule has 5 nitrogen and oxygen atoms in total. The Labute approximate surface area is 177 Å². The van der Waals surface area contributed by atoms with Crippen LogP contribution in [0.3, 0.4) is 0 Å². The molecule has 156 valence electrons. The van der Waals surface area contributed by atoms with Gasteiger partial charge in [-0.05, 0) is 61.2 Å². The predicted octanol–water partition coefficient (Wildman–Crippen LogP) is 4.37. The SMILES string of the molecule is CC(CCCCNCc1ccccc1)(NC(=O)c1ccc2ccccc2c1)C(=O)O. The summed E-state index contributed by atoms with van der Waals surface area (Å²) in [5, 5.41) is 17.8. The zero-order chi connectivity index (χ0) is 21.4. The number of rotatable bonds is 10. The van der Waals surface area contributed by atoms with Crippen LogP contribution in [0.1, 0.15) is 42.1 Å². The van der Waals surface area contributed by atoms with Crippen LogP contribution in [0, 0.1) is 0 Å². The highest BCUT2D eigenvalue weighted by Crippen LogP contribution is 2.19. The molecule has 1 unspecified atom stereocenters. The number of unbranched alkanes of at least 4 members (excludes halogenated alkanes) is 1. The molecule has 0 aliphatic carbocycles. The van der Waals surface area contributed by atoms with Gasteiger partial charge in [-0.2, -0.15) is 0 Å². The minimum Gasteiger partial charge on any atom is -0.480 e. The van der Waals surface area contributed by atoms with Crippen LogP contribution >= 0.6 is 0 Å². The number of hydrogen-bond acceptors (Lipinski definition) is 3. The maximum atomic E-state index is 12.7. The standard InChI is InChI=1S/C25H28N2O3/c1-25(24(29)30,15-7-8-16-26-18-19-9-3-2-4-10-19)27-23(28)22-14-13-20-11-5-6-12-21(20)17-22/h2-6,9-14,17,26H,7-8,15-16,18H2,1H3,(H,27,28)(H,29,30). The summed E-state index contributed by atoms with van der Waals surface area (Å²) < 4.78 is 0. The molecule has 0 spiro atoms. The van der Waals surface area contributed by atoms with E-state index in [-0.39, 0.29) is 5.91 Å². The second-order valence-electron chi connectivity index (χ2n) is 7.77. The van der Waals surface area contributed by atoms with E-state index in [2.05, 4.69) is 22.8 Å². The Morgan fingerprint density at radius 2 is 1.60 bits per heavy atom. The molecule has 0 aromatic heterocycles. The molecule has 0 aliphatic rings. The maximum absolute atomic E-state index is 12.7. The second-order valence-corrected chi connectivity index (χ2v) is 7.77. The minimum absolute atomic E-state index is 0.368. The summed E-state index contributed by atoms with van der Waals surface area (Å²) in [5.74, 6) is -1.39. The van der Waals surface area contributed by atoms with Gasteiger partial charge in [0.05, 0.1) is 0 Å². The monoisotopic (exact) mass is 404 g/mol. The average molecular weight is 405 g/mol. The first-order valence-electron chi connectivity index (χ1n) is 10.3. The van der Waals surface area contributed by atoms with Gasteiger partial charge in [-0.25, -0.2) is 4.79 Å². The topological polar surface area (TPSA) is 78.4 Å². The maximum Gasteiger partial charge on any atom is 0.329 e.